The van der Waals surface area contributed by atoms with Crippen molar-refractivity contribution < 1.29 is 36.6 Å². The Balaban J connectivity index is 2.20. The van der Waals surface area contributed by atoms with E-state index >= 15 is 0 Å². The molecule has 5 nitrogen and oxygen atoms in total. The van der Waals surface area contributed by atoms with Crippen LogP contribution in [0.3, 0.4) is 0 Å². The summed E-state index contributed by atoms with van der Waals surface area (Å²) < 4.78 is 58.1. The molecular weight excluding hydrogens is 382 g/mol. The number of Topliss-reactive ketones (excluding diaryl/α,β-unsaturated/α-hetero) is 1. The maximum absolute atomic E-state index is 12.6. The summed E-state index contributed by atoms with van der Waals surface area (Å²) in [5.41, 5.74) is 0.630. The highest BCUT2D eigenvalue weighted by Gasteiger charge is 2.13. The SMILES string of the molecule is CC(=O)c1ccccc1NC(=O)/C=C/c1ccc(OC(F)F)cc1OC(F)F. The molecule has 148 valence electrons. The lowest BCUT2D eigenvalue weighted by molar-refractivity contribution is -0.111. The molecule has 9 heteroatoms. The molecular formula is C19H15F4NO4. The Hall–Kier alpha value is -3.36. The Morgan fingerprint density at radius 1 is 1.00 bits per heavy atom. The molecule has 2 aromatic carbocycles. The predicted octanol–water partition coefficient (Wildman–Crippen LogP) is 4.74. The number of para-hydroxylation sites is 1. The minimum absolute atomic E-state index is 0.0388. The smallest absolute Gasteiger partial charge is 0.387 e. The topological polar surface area (TPSA) is 64.6 Å². The number of ether oxygens (including phenoxy) is 2. The van der Waals surface area contributed by atoms with Crippen LogP contribution < -0.4 is 14.8 Å². The summed E-state index contributed by atoms with van der Waals surface area (Å²) in [6.45, 7) is -4.99. The summed E-state index contributed by atoms with van der Waals surface area (Å²) in [5, 5.41) is 2.50. The lowest BCUT2D eigenvalue weighted by Crippen LogP contribution is -2.11. The van der Waals surface area contributed by atoms with Gasteiger partial charge in [-0.05, 0) is 37.3 Å². The number of nitrogens with one attached hydrogen (secondary N) is 1. The summed E-state index contributed by atoms with van der Waals surface area (Å²) in [7, 11) is 0. The number of amides is 1. The van der Waals surface area contributed by atoms with Crippen molar-refractivity contribution in [3.63, 3.8) is 0 Å². The van der Waals surface area contributed by atoms with Gasteiger partial charge in [0.1, 0.15) is 11.5 Å². The molecule has 0 aliphatic carbocycles. The Bertz CT molecular complexity index is 884. The minimum atomic E-state index is -3.20. The molecule has 0 saturated carbocycles. The van der Waals surface area contributed by atoms with Gasteiger partial charge in [0, 0.05) is 23.3 Å². The van der Waals surface area contributed by atoms with E-state index in [1.54, 1.807) is 12.1 Å². The molecule has 2 aromatic rings. The van der Waals surface area contributed by atoms with Gasteiger partial charge in [-0.2, -0.15) is 17.6 Å². The molecule has 0 unspecified atom stereocenters. The third kappa shape index (κ3) is 6.11. The van der Waals surface area contributed by atoms with E-state index in [1.807, 2.05) is 0 Å². The van der Waals surface area contributed by atoms with E-state index in [4.69, 9.17) is 0 Å². The first-order valence-corrected chi connectivity index (χ1v) is 7.89. The molecule has 28 heavy (non-hydrogen) atoms. The summed E-state index contributed by atoms with van der Waals surface area (Å²) in [4.78, 5) is 23.6. The molecule has 0 fully saturated rings. The van der Waals surface area contributed by atoms with E-state index in [9.17, 15) is 27.2 Å². The van der Waals surface area contributed by atoms with Crippen LogP contribution in [0.5, 0.6) is 11.5 Å². The summed E-state index contributed by atoms with van der Waals surface area (Å²) >= 11 is 0. The maximum atomic E-state index is 12.6. The van der Waals surface area contributed by atoms with E-state index in [2.05, 4.69) is 14.8 Å². The van der Waals surface area contributed by atoms with Crippen molar-refractivity contribution in [2.24, 2.45) is 0 Å². The van der Waals surface area contributed by atoms with Gasteiger partial charge >= 0.3 is 13.2 Å². The number of ketones is 1. The highest BCUT2D eigenvalue weighted by molar-refractivity contribution is 6.07. The van der Waals surface area contributed by atoms with Gasteiger partial charge in [0.15, 0.2) is 5.78 Å². The largest absolute Gasteiger partial charge is 0.435 e. The molecule has 1 N–H and O–H groups in total. The van der Waals surface area contributed by atoms with E-state index in [0.717, 1.165) is 24.3 Å². The van der Waals surface area contributed by atoms with Crippen LogP contribution in [-0.2, 0) is 4.79 Å². The van der Waals surface area contributed by atoms with Gasteiger partial charge in [0.2, 0.25) is 5.91 Å². The quantitative estimate of drug-likeness (QED) is 0.397. The van der Waals surface area contributed by atoms with Crippen molar-refractivity contribution in [1.29, 1.82) is 0 Å². The fraction of sp³-hybridized carbons (Fsp3) is 0.158. The van der Waals surface area contributed by atoms with Crippen molar-refractivity contribution in [3.8, 4) is 11.5 Å². The number of benzene rings is 2. The van der Waals surface area contributed by atoms with Crippen LogP contribution >= 0.6 is 0 Å². The molecule has 1 amide bonds. The number of alkyl halides is 4. The Labute approximate surface area is 157 Å². The van der Waals surface area contributed by atoms with Gasteiger partial charge in [0.05, 0.1) is 5.69 Å². The van der Waals surface area contributed by atoms with Gasteiger partial charge in [-0.25, -0.2) is 0 Å². The van der Waals surface area contributed by atoms with Gasteiger partial charge in [-0.15, -0.1) is 0 Å². The Morgan fingerprint density at radius 2 is 1.68 bits per heavy atom. The summed E-state index contributed by atoms with van der Waals surface area (Å²) in [5.74, 6) is -1.70. The predicted molar refractivity (Wildman–Crippen MR) is 93.8 cm³/mol. The van der Waals surface area contributed by atoms with Gasteiger partial charge in [-0.3, -0.25) is 9.59 Å². The molecule has 0 atom stereocenters. The van der Waals surface area contributed by atoms with Crippen molar-refractivity contribution in [3.05, 3.63) is 59.7 Å². The van der Waals surface area contributed by atoms with E-state index in [1.165, 1.54) is 25.1 Å². The van der Waals surface area contributed by atoms with Crippen molar-refractivity contribution in [2.75, 3.05) is 5.32 Å². The third-order valence-electron chi connectivity index (χ3n) is 3.40. The van der Waals surface area contributed by atoms with E-state index < -0.39 is 24.9 Å². The van der Waals surface area contributed by atoms with Crippen LogP contribution in [0.15, 0.2) is 48.5 Å². The van der Waals surface area contributed by atoms with Gasteiger partial charge in [-0.1, -0.05) is 12.1 Å². The molecule has 0 heterocycles. The summed E-state index contributed by atoms with van der Waals surface area (Å²) in [6, 6.07) is 9.50. The lowest BCUT2D eigenvalue weighted by atomic mass is 10.1. The molecule has 0 saturated heterocycles. The van der Waals surface area contributed by atoms with Crippen molar-refractivity contribution in [2.45, 2.75) is 20.1 Å². The van der Waals surface area contributed by atoms with Crippen LogP contribution in [0.1, 0.15) is 22.8 Å². The third-order valence-corrected chi connectivity index (χ3v) is 3.40. The van der Waals surface area contributed by atoms with E-state index in [0.29, 0.717) is 5.56 Å². The fourth-order valence-corrected chi connectivity index (χ4v) is 2.27. The van der Waals surface area contributed by atoms with E-state index in [-0.39, 0.29) is 22.8 Å². The molecule has 2 rings (SSSR count). The van der Waals surface area contributed by atoms with Crippen LogP contribution in [-0.4, -0.2) is 24.9 Å². The number of carbonyl (C=O) groups is 2. The number of rotatable bonds is 8. The molecule has 0 spiro atoms. The molecule has 0 aliphatic heterocycles. The van der Waals surface area contributed by atoms with Crippen LogP contribution in [0.2, 0.25) is 0 Å². The number of carbonyl (C=O) groups excluding carboxylic acids is 2. The molecule has 0 aliphatic rings. The lowest BCUT2D eigenvalue weighted by Gasteiger charge is -2.11. The summed E-state index contributed by atoms with van der Waals surface area (Å²) in [6.07, 6.45) is 2.19. The normalized spacial score (nSPS) is 11.1. The maximum Gasteiger partial charge on any atom is 0.387 e. The number of anilines is 1. The zero-order chi connectivity index (χ0) is 20.7. The monoisotopic (exact) mass is 397 g/mol. The standard InChI is InChI=1S/C19H15F4NO4/c1-11(25)14-4-2-3-5-15(14)24-17(26)9-7-12-6-8-13(27-18(20)21)10-16(12)28-19(22)23/h2-10,18-19H,1H3,(H,24,26)/b9-7+. The van der Waals surface area contributed by atoms with Crippen LogP contribution in [0.25, 0.3) is 6.08 Å². The van der Waals surface area contributed by atoms with Crippen LogP contribution in [0, 0.1) is 0 Å². The Morgan fingerprint density at radius 3 is 2.32 bits per heavy atom. The highest BCUT2D eigenvalue weighted by atomic mass is 19.3. The number of hydrogen-bond donors (Lipinski definition) is 1. The second-order valence-electron chi connectivity index (χ2n) is 5.38. The first kappa shape index (κ1) is 20.9. The average Bonchev–Trinajstić information content (AvgIpc) is 2.60. The number of halogens is 4. The van der Waals surface area contributed by atoms with Crippen LogP contribution in [0.4, 0.5) is 23.2 Å². The Kier molecular flexibility index (Phi) is 7.14. The van der Waals surface area contributed by atoms with Gasteiger partial charge < -0.3 is 14.8 Å². The van der Waals surface area contributed by atoms with Crippen molar-refractivity contribution >= 4 is 23.5 Å². The van der Waals surface area contributed by atoms with Gasteiger partial charge in [0.25, 0.3) is 0 Å². The second-order valence-corrected chi connectivity index (χ2v) is 5.38. The molecule has 0 bridgehead atoms. The zero-order valence-electron chi connectivity index (χ0n) is 14.5. The molecule has 0 aromatic heterocycles. The highest BCUT2D eigenvalue weighted by Crippen LogP contribution is 2.28. The zero-order valence-corrected chi connectivity index (χ0v) is 14.5. The first-order valence-electron chi connectivity index (χ1n) is 7.89. The molecule has 0 radical (unpaired) electrons. The number of hydrogen-bond acceptors (Lipinski definition) is 4. The average molecular weight is 397 g/mol. The second kappa shape index (κ2) is 9.54. The first-order chi connectivity index (χ1) is 13.3. The van der Waals surface area contributed by atoms with Crippen molar-refractivity contribution in [1.82, 2.24) is 0 Å². The minimum Gasteiger partial charge on any atom is -0.435 e. The fourth-order valence-electron chi connectivity index (χ4n) is 2.27.